The second-order valence-corrected chi connectivity index (χ2v) is 3.60. The molecule has 0 unspecified atom stereocenters. The summed E-state index contributed by atoms with van der Waals surface area (Å²) in [5.74, 6) is -0.194. The van der Waals surface area contributed by atoms with Crippen LogP contribution in [-0.2, 0) is 4.79 Å². The van der Waals surface area contributed by atoms with Crippen molar-refractivity contribution in [1.29, 1.82) is 0 Å². The van der Waals surface area contributed by atoms with E-state index in [2.05, 4.69) is 10.6 Å². The minimum atomic E-state index is -0.121. The van der Waals surface area contributed by atoms with Gasteiger partial charge in [-0.25, -0.2) is 0 Å². The highest BCUT2D eigenvalue weighted by atomic mass is 32.1. The number of thiophene rings is 1. The average Bonchev–Trinajstić information content (AvgIpc) is 2.70. The first kappa shape index (κ1) is 10.7. The lowest BCUT2D eigenvalue weighted by Crippen LogP contribution is -2.28. The number of hydrogen-bond acceptors (Lipinski definition) is 3. The first-order chi connectivity index (χ1) is 6.74. The molecule has 1 aromatic rings. The Morgan fingerprint density at radius 3 is 2.86 bits per heavy atom. The number of hydrogen-bond donors (Lipinski definition) is 2. The Bertz CT molecular complexity index is 309. The highest BCUT2D eigenvalue weighted by molar-refractivity contribution is 7.12. The standard InChI is InChI=1S/C9H12N2O2S/c1-10-8(12)4-5-11-9(13)7-3-2-6-14-7/h2-3,6H,4-5H2,1H3,(H,10,12)(H,11,13). The van der Waals surface area contributed by atoms with Gasteiger partial charge in [-0.3, -0.25) is 9.59 Å². The number of amides is 2. The molecule has 4 nitrogen and oxygen atoms in total. The summed E-state index contributed by atoms with van der Waals surface area (Å²) >= 11 is 1.38. The Labute approximate surface area is 86.3 Å². The Morgan fingerprint density at radius 2 is 2.29 bits per heavy atom. The van der Waals surface area contributed by atoms with Crippen LogP contribution >= 0.6 is 11.3 Å². The molecule has 14 heavy (non-hydrogen) atoms. The van der Waals surface area contributed by atoms with Gasteiger partial charge in [-0.1, -0.05) is 6.07 Å². The molecule has 76 valence electrons. The Balaban J connectivity index is 2.26. The van der Waals surface area contributed by atoms with Crippen LogP contribution in [-0.4, -0.2) is 25.4 Å². The number of rotatable bonds is 4. The third-order valence-electron chi connectivity index (χ3n) is 1.66. The lowest BCUT2D eigenvalue weighted by Gasteiger charge is -2.02. The van der Waals surface area contributed by atoms with Crippen LogP contribution in [0.25, 0.3) is 0 Å². The molecule has 0 aromatic carbocycles. The summed E-state index contributed by atoms with van der Waals surface area (Å²) < 4.78 is 0. The van der Waals surface area contributed by atoms with Crippen LogP contribution in [0.15, 0.2) is 17.5 Å². The van der Waals surface area contributed by atoms with Crippen molar-refractivity contribution in [2.24, 2.45) is 0 Å². The molecule has 0 aliphatic rings. The molecule has 5 heteroatoms. The molecule has 0 bridgehead atoms. The van der Waals surface area contributed by atoms with E-state index in [9.17, 15) is 9.59 Å². The molecular weight excluding hydrogens is 200 g/mol. The number of nitrogens with one attached hydrogen (secondary N) is 2. The molecular formula is C9H12N2O2S. The summed E-state index contributed by atoms with van der Waals surface area (Å²) in [4.78, 5) is 22.8. The largest absolute Gasteiger partial charge is 0.359 e. The molecule has 2 N–H and O–H groups in total. The summed E-state index contributed by atoms with van der Waals surface area (Å²) in [6, 6.07) is 3.57. The van der Waals surface area contributed by atoms with Gasteiger partial charge in [-0.2, -0.15) is 0 Å². The topological polar surface area (TPSA) is 58.2 Å². The van der Waals surface area contributed by atoms with Crippen LogP contribution in [0, 0.1) is 0 Å². The molecule has 0 radical (unpaired) electrons. The predicted molar refractivity (Wildman–Crippen MR) is 55.3 cm³/mol. The van der Waals surface area contributed by atoms with Gasteiger partial charge in [-0.15, -0.1) is 11.3 Å². The molecule has 0 saturated heterocycles. The van der Waals surface area contributed by atoms with Crippen molar-refractivity contribution in [3.8, 4) is 0 Å². The smallest absolute Gasteiger partial charge is 0.261 e. The third-order valence-corrected chi connectivity index (χ3v) is 2.53. The second kappa shape index (κ2) is 5.39. The van der Waals surface area contributed by atoms with Gasteiger partial charge in [0, 0.05) is 20.0 Å². The van der Waals surface area contributed by atoms with Crippen molar-refractivity contribution >= 4 is 23.2 Å². The lowest BCUT2D eigenvalue weighted by molar-refractivity contribution is -0.120. The molecule has 0 fully saturated rings. The molecule has 0 spiro atoms. The number of carbonyl (C=O) groups excluding carboxylic acids is 2. The maximum atomic E-state index is 11.3. The van der Waals surface area contributed by atoms with Crippen molar-refractivity contribution in [2.45, 2.75) is 6.42 Å². The predicted octanol–water partition coefficient (Wildman–Crippen LogP) is 0.614. The fraction of sp³-hybridized carbons (Fsp3) is 0.333. The van der Waals surface area contributed by atoms with Gasteiger partial charge in [0.1, 0.15) is 0 Å². The fourth-order valence-corrected chi connectivity index (χ4v) is 1.55. The zero-order valence-corrected chi connectivity index (χ0v) is 8.69. The number of carbonyl (C=O) groups is 2. The SMILES string of the molecule is CNC(=O)CCNC(=O)c1cccs1. The van der Waals surface area contributed by atoms with Crippen LogP contribution in [0.3, 0.4) is 0 Å². The minimum Gasteiger partial charge on any atom is -0.359 e. The molecule has 1 heterocycles. The maximum absolute atomic E-state index is 11.3. The molecule has 0 aliphatic carbocycles. The van der Waals surface area contributed by atoms with Crippen LogP contribution in [0.2, 0.25) is 0 Å². The average molecular weight is 212 g/mol. The maximum Gasteiger partial charge on any atom is 0.261 e. The van der Waals surface area contributed by atoms with E-state index in [0.717, 1.165) is 0 Å². The van der Waals surface area contributed by atoms with Crippen molar-refractivity contribution < 1.29 is 9.59 Å². The van der Waals surface area contributed by atoms with E-state index in [1.54, 1.807) is 13.1 Å². The van der Waals surface area contributed by atoms with Gasteiger partial charge in [-0.05, 0) is 11.4 Å². The first-order valence-corrected chi connectivity index (χ1v) is 5.14. The monoisotopic (exact) mass is 212 g/mol. The normalized spacial score (nSPS) is 9.50. The Kier molecular flexibility index (Phi) is 4.12. The third kappa shape index (κ3) is 3.18. The summed E-state index contributed by atoms with van der Waals surface area (Å²) in [7, 11) is 1.57. The van der Waals surface area contributed by atoms with Gasteiger partial charge in [0.25, 0.3) is 5.91 Å². The summed E-state index contributed by atoms with van der Waals surface area (Å²) in [6.45, 7) is 0.371. The second-order valence-electron chi connectivity index (χ2n) is 2.66. The summed E-state index contributed by atoms with van der Waals surface area (Å²) in [5, 5.41) is 6.99. The van der Waals surface area contributed by atoms with Crippen LogP contribution in [0.4, 0.5) is 0 Å². The van der Waals surface area contributed by atoms with Crippen molar-refractivity contribution in [1.82, 2.24) is 10.6 Å². The molecule has 1 aromatic heterocycles. The van der Waals surface area contributed by atoms with Gasteiger partial charge < -0.3 is 10.6 Å². The Morgan fingerprint density at radius 1 is 1.50 bits per heavy atom. The van der Waals surface area contributed by atoms with E-state index in [1.807, 2.05) is 11.4 Å². The van der Waals surface area contributed by atoms with Gasteiger partial charge in [0.15, 0.2) is 0 Å². The van der Waals surface area contributed by atoms with E-state index in [-0.39, 0.29) is 11.8 Å². The van der Waals surface area contributed by atoms with Crippen molar-refractivity contribution in [3.63, 3.8) is 0 Å². The molecule has 2 amide bonds. The minimum absolute atomic E-state index is 0.0727. The molecule has 1 rings (SSSR count). The van der Waals surface area contributed by atoms with Crippen LogP contribution < -0.4 is 10.6 Å². The summed E-state index contributed by atoms with van der Waals surface area (Å²) in [5.41, 5.74) is 0. The van der Waals surface area contributed by atoms with Crippen molar-refractivity contribution in [2.75, 3.05) is 13.6 Å². The first-order valence-electron chi connectivity index (χ1n) is 4.26. The fourth-order valence-electron chi connectivity index (χ4n) is 0.909. The molecule has 0 saturated carbocycles. The van der Waals surface area contributed by atoms with Gasteiger partial charge in [0.05, 0.1) is 4.88 Å². The quantitative estimate of drug-likeness (QED) is 0.768. The van der Waals surface area contributed by atoms with Gasteiger partial charge in [0.2, 0.25) is 5.91 Å². The Hall–Kier alpha value is -1.36. The van der Waals surface area contributed by atoms with E-state index in [1.165, 1.54) is 11.3 Å². The lowest BCUT2D eigenvalue weighted by atomic mass is 10.4. The highest BCUT2D eigenvalue weighted by Gasteiger charge is 2.05. The zero-order chi connectivity index (χ0) is 10.4. The molecule has 0 atom stereocenters. The van der Waals surface area contributed by atoms with Crippen LogP contribution in [0.1, 0.15) is 16.1 Å². The van der Waals surface area contributed by atoms with E-state index >= 15 is 0 Å². The summed E-state index contributed by atoms with van der Waals surface area (Å²) in [6.07, 6.45) is 0.313. The highest BCUT2D eigenvalue weighted by Crippen LogP contribution is 2.07. The van der Waals surface area contributed by atoms with Crippen LogP contribution in [0.5, 0.6) is 0 Å². The van der Waals surface area contributed by atoms with Gasteiger partial charge >= 0.3 is 0 Å². The van der Waals surface area contributed by atoms with E-state index in [0.29, 0.717) is 17.8 Å². The zero-order valence-electron chi connectivity index (χ0n) is 7.87. The van der Waals surface area contributed by atoms with Crippen molar-refractivity contribution in [3.05, 3.63) is 22.4 Å². The molecule has 0 aliphatic heterocycles. The van der Waals surface area contributed by atoms with E-state index in [4.69, 9.17) is 0 Å². The van der Waals surface area contributed by atoms with E-state index < -0.39 is 0 Å².